The number of benzene rings is 2. The molecule has 0 N–H and O–H groups in total. The fourth-order valence-electron chi connectivity index (χ4n) is 2.99. The Hall–Kier alpha value is -2.50. The minimum atomic E-state index is 0.0399. The number of hydrogen-bond donors (Lipinski definition) is 0. The van der Waals surface area contributed by atoms with Gasteiger partial charge in [-0.05, 0) is 50.2 Å². The highest BCUT2D eigenvalue weighted by atomic mass is 35.5. The molecule has 0 unspecified atom stereocenters. The van der Waals surface area contributed by atoms with Gasteiger partial charge < -0.3 is 9.26 Å². The molecule has 0 atom stereocenters. The molecule has 2 aromatic heterocycles. The van der Waals surface area contributed by atoms with E-state index in [0.717, 1.165) is 22.2 Å². The summed E-state index contributed by atoms with van der Waals surface area (Å²) < 4.78 is 13.0. The number of fused-ring (bicyclic) bond motifs is 1. The van der Waals surface area contributed by atoms with Crippen molar-refractivity contribution in [2.75, 3.05) is 0 Å². The predicted octanol–water partition coefficient (Wildman–Crippen LogP) is 6.08. The number of hydrogen-bond acceptors (Lipinski definition) is 4. The molecule has 7 heteroatoms. The van der Waals surface area contributed by atoms with Gasteiger partial charge in [-0.3, -0.25) is 4.57 Å². The van der Waals surface area contributed by atoms with Crippen molar-refractivity contribution in [1.29, 1.82) is 0 Å². The minimum absolute atomic E-state index is 0.0399. The topological polar surface area (TPSA) is 53.1 Å². The molecule has 2 heterocycles. The molecule has 2 aromatic carbocycles. The second-order valence-corrected chi connectivity index (χ2v) is 7.25. The Morgan fingerprint density at radius 3 is 2.63 bits per heavy atom. The lowest BCUT2D eigenvalue weighted by Crippen LogP contribution is -2.05. The molecule has 27 heavy (non-hydrogen) atoms. The monoisotopic (exact) mass is 401 g/mol. The van der Waals surface area contributed by atoms with E-state index in [-0.39, 0.29) is 6.10 Å². The average molecular weight is 402 g/mol. The summed E-state index contributed by atoms with van der Waals surface area (Å²) >= 11 is 12.8. The van der Waals surface area contributed by atoms with Crippen LogP contribution in [0.15, 0.2) is 47.0 Å². The molecule has 0 fully saturated rings. The van der Waals surface area contributed by atoms with Crippen LogP contribution in [0.2, 0.25) is 10.0 Å². The van der Waals surface area contributed by atoms with Crippen LogP contribution in [0, 0.1) is 6.92 Å². The molecule has 4 aromatic rings. The van der Waals surface area contributed by atoms with Gasteiger partial charge in [-0.1, -0.05) is 41.4 Å². The SMILES string of the molecule is Cc1c(Cl)c2ccccc2n1-c1noc(-c2ccc(OC(C)C)c(Cl)c2)n1. The summed E-state index contributed by atoms with van der Waals surface area (Å²) in [5.41, 5.74) is 2.49. The highest BCUT2D eigenvalue weighted by Gasteiger charge is 2.18. The van der Waals surface area contributed by atoms with Crippen LogP contribution in [-0.2, 0) is 0 Å². The zero-order chi connectivity index (χ0) is 19.1. The van der Waals surface area contributed by atoms with Crippen molar-refractivity contribution in [3.63, 3.8) is 0 Å². The lowest BCUT2D eigenvalue weighted by molar-refractivity contribution is 0.242. The van der Waals surface area contributed by atoms with Crippen molar-refractivity contribution in [3.05, 3.63) is 58.2 Å². The average Bonchev–Trinajstić information content (AvgIpc) is 3.21. The van der Waals surface area contributed by atoms with E-state index in [9.17, 15) is 0 Å². The third-order valence-corrected chi connectivity index (χ3v) is 4.96. The minimum Gasteiger partial charge on any atom is -0.489 e. The maximum Gasteiger partial charge on any atom is 0.275 e. The van der Waals surface area contributed by atoms with E-state index in [2.05, 4.69) is 10.1 Å². The molecule has 0 spiro atoms. The number of halogens is 2. The number of nitrogens with zero attached hydrogens (tertiary/aromatic N) is 3. The highest BCUT2D eigenvalue weighted by molar-refractivity contribution is 6.36. The van der Waals surface area contributed by atoms with Gasteiger partial charge in [-0.2, -0.15) is 4.98 Å². The van der Waals surface area contributed by atoms with Crippen molar-refractivity contribution < 1.29 is 9.26 Å². The number of para-hydroxylation sites is 1. The molecule has 5 nitrogen and oxygen atoms in total. The molecular weight excluding hydrogens is 385 g/mol. The van der Waals surface area contributed by atoms with E-state index < -0.39 is 0 Å². The molecule has 0 saturated heterocycles. The van der Waals surface area contributed by atoms with Gasteiger partial charge in [0.2, 0.25) is 0 Å². The number of rotatable bonds is 4. The first-order valence-corrected chi connectivity index (χ1v) is 9.27. The summed E-state index contributed by atoms with van der Waals surface area (Å²) in [6.07, 6.45) is 0.0399. The zero-order valence-corrected chi connectivity index (χ0v) is 16.5. The van der Waals surface area contributed by atoms with Crippen molar-refractivity contribution >= 4 is 34.1 Å². The van der Waals surface area contributed by atoms with Crippen LogP contribution in [0.1, 0.15) is 19.5 Å². The zero-order valence-electron chi connectivity index (χ0n) is 15.0. The van der Waals surface area contributed by atoms with Gasteiger partial charge in [0.25, 0.3) is 11.8 Å². The Labute approximate surface area is 166 Å². The van der Waals surface area contributed by atoms with Crippen LogP contribution in [-0.4, -0.2) is 20.8 Å². The fraction of sp³-hybridized carbons (Fsp3) is 0.200. The lowest BCUT2D eigenvalue weighted by atomic mass is 10.2. The summed E-state index contributed by atoms with van der Waals surface area (Å²) in [4.78, 5) is 4.53. The van der Waals surface area contributed by atoms with Crippen molar-refractivity contribution in [2.45, 2.75) is 26.9 Å². The molecule has 0 aliphatic rings. The van der Waals surface area contributed by atoms with Gasteiger partial charge in [-0.25, -0.2) is 0 Å². The molecular formula is C20H17Cl2N3O2. The van der Waals surface area contributed by atoms with Crippen LogP contribution in [0.25, 0.3) is 28.3 Å². The van der Waals surface area contributed by atoms with E-state index in [1.165, 1.54) is 0 Å². The molecule has 0 amide bonds. The Morgan fingerprint density at radius 1 is 1.11 bits per heavy atom. The first-order valence-electron chi connectivity index (χ1n) is 8.52. The van der Waals surface area contributed by atoms with Crippen LogP contribution in [0.3, 0.4) is 0 Å². The Bertz CT molecular complexity index is 1130. The van der Waals surface area contributed by atoms with E-state index in [1.54, 1.807) is 12.1 Å². The molecule has 0 aliphatic carbocycles. The highest BCUT2D eigenvalue weighted by Crippen LogP contribution is 2.34. The van der Waals surface area contributed by atoms with Crippen molar-refractivity contribution in [3.8, 4) is 23.2 Å². The van der Waals surface area contributed by atoms with Crippen LogP contribution in [0.5, 0.6) is 5.75 Å². The largest absolute Gasteiger partial charge is 0.489 e. The quantitative estimate of drug-likeness (QED) is 0.415. The van der Waals surface area contributed by atoms with Gasteiger partial charge in [0, 0.05) is 16.6 Å². The predicted molar refractivity (Wildman–Crippen MR) is 107 cm³/mol. The molecule has 138 valence electrons. The van der Waals surface area contributed by atoms with Gasteiger partial charge >= 0.3 is 0 Å². The first-order chi connectivity index (χ1) is 13.0. The Balaban J connectivity index is 1.75. The third kappa shape index (κ3) is 3.17. The van der Waals surface area contributed by atoms with Crippen molar-refractivity contribution in [1.82, 2.24) is 14.7 Å². The first kappa shape index (κ1) is 17.9. The molecule has 4 rings (SSSR count). The van der Waals surface area contributed by atoms with Gasteiger partial charge in [-0.15, -0.1) is 0 Å². The van der Waals surface area contributed by atoms with Crippen molar-refractivity contribution in [2.24, 2.45) is 0 Å². The molecule has 0 bridgehead atoms. The van der Waals surface area contributed by atoms with Crippen LogP contribution < -0.4 is 4.74 Å². The van der Waals surface area contributed by atoms with Crippen LogP contribution >= 0.6 is 23.2 Å². The van der Waals surface area contributed by atoms with E-state index in [1.807, 2.05) is 55.7 Å². The van der Waals surface area contributed by atoms with Crippen LogP contribution in [0.4, 0.5) is 0 Å². The Kier molecular flexibility index (Phi) is 4.58. The molecule has 0 saturated carbocycles. The summed E-state index contributed by atoms with van der Waals surface area (Å²) in [6.45, 7) is 5.82. The third-order valence-electron chi connectivity index (χ3n) is 4.19. The molecule has 0 aliphatic heterocycles. The number of aromatic nitrogens is 3. The van der Waals surface area contributed by atoms with E-state index in [0.29, 0.717) is 27.6 Å². The second kappa shape index (κ2) is 6.91. The second-order valence-electron chi connectivity index (χ2n) is 6.46. The van der Waals surface area contributed by atoms with Gasteiger partial charge in [0.1, 0.15) is 5.75 Å². The Morgan fingerprint density at radius 2 is 1.89 bits per heavy atom. The summed E-state index contributed by atoms with van der Waals surface area (Å²) in [5, 5.41) is 6.25. The molecule has 0 radical (unpaired) electrons. The summed E-state index contributed by atoms with van der Waals surface area (Å²) in [6, 6.07) is 13.2. The standard InChI is InChI=1S/C20H17Cl2N3O2/c1-11(2)26-17-9-8-13(10-15(17)21)19-23-20(24-27-19)25-12(3)18(22)14-6-4-5-7-16(14)25/h4-11H,1-3H3. The van der Waals surface area contributed by atoms with Gasteiger partial charge in [0.05, 0.1) is 21.7 Å². The maximum absolute atomic E-state index is 6.46. The van der Waals surface area contributed by atoms with Gasteiger partial charge in [0.15, 0.2) is 0 Å². The van der Waals surface area contributed by atoms with E-state index >= 15 is 0 Å². The summed E-state index contributed by atoms with van der Waals surface area (Å²) in [7, 11) is 0. The fourth-order valence-corrected chi connectivity index (χ4v) is 3.46. The van der Waals surface area contributed by atoms with E-state index in [4.69, 9.17) is 32.5 Å². The smallest absolute Gasteiger partial charge is 0.275 e. The maximum atomic E-state index is 6.46. The number of ether oxygens (including phenoxy) is 1. The normalized spacial score (nSPS) is 11.5. The lowest BCUT2D eigenvalue weighted by Gasteiger charge is -2.11. The summed E-state index contributed by atoms with van der Waals surface area (Å²) in [5.74, 6) is 1.41.